The van der Waals surface area contributed by atoms with Gasteiger partial charge in [-0.05, 0) is 57.4 Å². The number of likely N-dealkylation sites (N-methyl/N-ethyl adjacent to an activating group) is 1. The lowest BCUT2D eigenvalue weighted by molar-refractivity contribution is -0.132. The third-order valence-corrected chi connectivity index (χ3v) is 3.77. The fraction of sp³-hybridized carbons (Fsp3) is 0.562. The van der Waals surface area contributed by atoms with Crippen molar-refractivity contribution >= 4 is 21.8 Å². The first-order valence-electron chi connectivity index (χ1n) is 7.34. The Labute approximate surface area is 135 Å². The van der Waals surface area contributed by atoms with E-state index < -0.39 is 0 Å². The van der Waals surface area contributed by atoms with Gasteiger partial charge in [0.25, 0.3) is 5.91 Å². The maximum Gasteiger partial charge on any atom is 0.260 e. The Morgan fingerprint density at radius 2 is 2.00 bits per heavy atom. The van der Waals surface area contributed by atoms with Gasteiger partial charge < -0.3 is 15.4 Å². The van der Waals surface area contributed by atoms with Crippen molar-refractivity contribution in [2.75, 3.05) is 19.7 Å². The van der Waals surface area contributed by atoms with Gasteiger partial charge in [-0.3, -0.25) is 4.79 Å². The molecule has 0 aliphatic heterocycles. The second-order valence-electron chi connectivity index (χ2n) is 5.25. The van der Waals surface area contributed by atoms with E-state index in [9.17, 15) is 4.79 Å². The van der Waals surface area contributed by atoms with Crippen molar-refractivity contribution in [3.05, 3.63) is 27.7 Å². The van der Waals surface area contributed by atoms with Gasteiger partial charge in [-0.2, -0.15) is 0 Å². The highest BCUT2D eigenvalue weighted by Crippen LogP contribution is 2.29. The number of ether oxygens (including phenoxy) is 1. The maximum atomic E-state index is 12.1. The molecule has 5 heteroatoms. The molecule has 21 heavy (non-hydrogen) atoms. The molecule has 0 saturated heterocycles. The van der Waals surface area contributed by atoms with E-state index in [2.05, 4.69) is 15.9 Å². The minimum absolute atomic E-state index is 0.00839. The van der Waals surface area contributed by atoms with E-state index >= 15 is 0 Å². The third-order valence-electron chi connectivity index (χ3n) is 3.31. The number of nitrogens with two attached hydrogens (primary N) is 1. The summed E-state index contributed by atoms with van der Waals surface area (Å²) in [5.74, 6) is 0.782. The summed E-state index contributed by atoms with van der Waals surface area (Å²) in [5, 5.41) is 0. The van der Waals surface area contributed by atoms with Crippen molar-refractivity contribution in [2.45, 2.75) is 40.2 Å². The van der Waals surface area contributed by atoms with Crippen LogP contribution in [0.5, 0.6) is 5.75 Å². The number of carbonyl (C=O) groups excluding carboxylic acids is 1. The zero-order valence-electron chi connectivity index (χ0n) is 13.3. The summed E-state index contributed by atoms with van der Waals surface area (Å²) in [4.78, 5) is 13.8. The van der Waals surface area contributed by atoms with Crippen molar-refractivity contribution in [2.24, 2.45) is 5.73 Å². The van der Waals surface area contributed by atoms with Gasteiger partial charge in [-0.1, -0.05) is 15.9 Å². The number of hydrogen-bond donors (Lipinski definition) is 1. The predicted molar refractivity (Wildman–Crippen MR) is 89.7 cm³/mol. The second-order valence-corrected chi connectivity index (χ2v) is 6.16. The molecule has 0 aliphatic carbocycles. The summed E-state index contributed by atoms with van der Waals surface area (Å²) in [7, 11) is 0. The first-order valence-corrected chi connectivity index (χ1v) is 8.13. The Hall–Kier alpha value is -1.07. The molecule has 0 spiro atoms. The lowest BCUT2D eigenvalue weighted by atomic mass is 10.0. The standard InChI is InChI=1S/C16H25BrN2O2/c1-5-19(6-2)15(20)10-21-16-11(3)7-14(17)9-13(16)8-12(4)18/h7,9,12H,5-6,8,10,18H2,1-4H3. The van der Waals surface area contributed by atoms with Crippen LogP contribution in [0.25, 0.3) is 0 Å². The molecule has 0 aliphatic rings. The first kappa shape index (κ1) is 18.0. The molecule has 0 saturated carbocycles. The van der Waals surface area contributed by atoms with E-state index in [-0.39, 0.29) is 18.6 Å². The molecule has 1 amide bonds. The summed E-state index contributed by atoms with van der Waals surface area (Å²) >= 11 is 3.49. The van der Waals surface area contributed by atoms with Gasteiger partial charge in [0, 0.05) is 23.6 Å². The maximum absolute atomic E-state index is 12.1. The smallest absolute Gasteiger partial charge is 0.260 e. The summed E-state index contributed by atoms with van der Waals surface area (Å²) in [5.41, 5.74) is 7.93. The molecule has 1 unspecified atom stereocenters. The van der Waals surface area contributed by atoms with Crippen LogP contribution in [0.2, 0.25) is 0 Å². The number of aryl methyl sites for hydroxylation is 1. The molecule has 0 aromatic heterocycles. The van der Waals surface area contributed by atoms with Crippen LogP contribution in [0, 0.1) is 6.92 Å². The van der Waals surface area contributed by atoms with Gasteiger partial charge in [0.15, 0.2) is 6.61 Å². The van der Waals surface area contributed by atoms with Crippen molar-refractivity contribution in [3.63, 3.8) is 0 Å². The van der Waals surface area contributed by atoms with Crippen molar-refractivity contribution in [1.29, 1.82) is 0 Å². The van der Waals surface area contributed by atoms with Crippen LogP contribution in [0.4, 0.5) is 0 Å². The highest BCUT2D eigenvalue weighted by atomic mass is 79.9. The Balaban J connectivity index is 2.89. The molecule has 0 heterocycles. The van der Waals surface area contributed by atoms with Gasteiger partial charge in [0.05, 0.1) is 0 Å². The zero-order chi connectivity index (χ0) is 16.0. The van der Waals surface area contributed by atoms with Crippen molar-refractivity contribution in [1.82, 2.24) is 4.90 Å². The normalized spacial score (nSPS) is 12.1. The van der Waals surface area contributed by atoms with E-state index in [1.165, 1.54) is 0 Å². The molecule has 1 atom stereocenters. The predicted octanol–water partition coefficient (Wildman–Crippen LogP) is 2.89. The second kappa shape index (κ2) is 8.39. The quantitative estimate of drug-likeness (QED) is 0.816. The van der Waals surface area contributed by atoms with E-state index in [0.29, 0.717) is 13.1 Å². The lowest BCUT2D eigenvalue weighted by Crippen LogP contribution is -2.34. The Kier molecular flexibility index (Phi) is 7.18. The van der Waals surface area contributed by atoms with Crippen LogP contribution < -0.4 is 10.5 Å². The van der Waals surface area contributed by atoms with E-state index in [1.54, 1.807) is 4.90 Å². The zero-order valence-corrected chi connectivity index (χ0v) is 14.9. The highest BCUT2D eigenvalue weighted by Gasteiger charge is 2.15. The third kappa shape index (κ3) is 5.32. The molecule has 1 rings (SSSR count). The van der Waals surface area contributed by atoms with Gasteiger partial charge in [0.1, 0.15) is 5.75 Å². The van der Waals surface area contributed by atoms with Crippen LogP contribution in [0.1, 0.15) is 31.9 Å². The van der Waals surface area contributed by atoms with Gasteiger partial charge in [0.2, 0.25) is 0 Å². The Morgan fingerprint density at radius 3 is 2.52 bits per heavy atom. The Bertz CT molecular complexity index is 485. The molecule has 118 valence electrons. The number of amides is 1. The van der Waals surface area contributed by atoms with Crippen LogP contribution in [-0.2, 0) is 11.2 Å². The lowest BCUT2D eigenvalue weighted by Gasteiger charge is -2.21. The molecule has 0 bridgehead atoms. The topological polar surface area (TPSA) is 55.6 Å². The SMILES string of the molecule is CCN(CC)C(=O)COc1c(C)cc(Br)cc1CC(C)N. The van der Waals surface area contributed by atoms with Crippen molar-refractivity contribution < 1.29 is 9.53 Å². The van der Waals surface area contributed by atoms with Gasteiger partial charge in [-0.25, -0.2) is 0 Å². The minimum atomic E-state index is 0.00839. The number of carbonyl (C=O) groups is 1. The molecule has 0 fully saturated rings. The minimum Gasteiger partial charge on any atom is -0.483 e. The number of hydrogen-bond acceptors (Lipinski definition) is 3. The average Bonchev–Trinajstić information content (AvgIpc) is 2.38. The average molecular weight is 357 g/mol. The molecule has 1 aromatic carbocycles. The largest absolute Gasteiger partial charge is 0.483 e. The molecule has 0 radical (unpaired) electrons. The molecular weight excluding hydrogens is 332 g/mol. The van der Waals surface area contributed by atoms with E-state index in [1.807, 2.05) is 39.8 Å². The fourth-order valence-electron chi connectivity index (χ4n) is 2.31. The summed E-state index contributed by atoms with van der Waals surface area (Å²) in [6, 6.07) is 4.04. The van der Waals surface area contributed by atoms with Gasteiger partial charge >= 0.3 is 0 Å². The van der Waals surface area contributed by atoms with Gasteiger partial charge in [-0.15, -0.1) is 0 Å². The summed E-state index contributed by atoms with van der Waals surface area (Å²) in [6.07, 6.45) is 0.717. The Morgan fingerprint density at radius 1 is 1.38 bits per heavy atom. The number of halogens is 1. The van der Waals surface area contributed by atoms with E-state index in [0.717, 1.165) is 27.8 Å². The van der Waals surface area contributed by atoms with E-state index in [4.69, 9.17) is 10.5 Å². The summed E-state index contributed by atoms with van der Waals surface area (Å²) in [6.45, 7) is 9.33. The number of nitrogens with zero attached hydrogens (tertiary/aromatic N) is 1. The molecule has 2 N–H and O–H groups in total. The highest BCUT2D eigenvalue weighted by molar-refractivity contribution is 9.10. The van der Waals surface area contributed by atoms with Crippen LogP contribution in [-0.4, -0.2) is 36.5 Å². The molecular formula is C16H25BrN2O2. The van der Waals surface area contributed by atoms with Crippen molar-refractivity contribution in [3.8, 4) is 5.75 Å². The van der Waals surface area contributed by atoms with Crippen LogP contribution >= 0.6 is 15.9 Å². The fourth-order valence-corrected chi connectivity index (χ4v) is 2.93. The van der Waals surface area contributed by atoms with Crippen LogP contribution in [0.3, 0.4) is 0 Å². The molecule has 4 nitrogen and oxygen atoms in total. The van der Waals surface area contributed by atoms with Crippen LogP contribution in [0.15, 0.2) is 16.6 Å². The molecule has 1 aromatic rings. The summed E-state index contributed by atoms with van der Waals surface area (Å²) < 4.78 is 6.80. The number of rotatable bonds is 7. The monoisotopic (exact) mass is 356 g/mol. The number of benzene rings is 1. The first-order chi connectivity index (χ1) is 9.88.